The van der Waals surface area contributed by atoms with Gasteiger partial charge in [-0.1, -0.05) is 13.0 Å². The van der Waals surface area contributed by atoms with Crippen LogP contribution in [0.15, 0.2) is 23.5 Å². The number of hydrogen-bond donors (Lipinski definition) is 6. The maximum atomic E-state index is 12.7. The first-order chi connectivity index (χ1) is 17.9. The van der Waals surface area contributed by atoms with Crippen molar-refractivity contribution in [2.24, 2.45) is 17.8 Å². The van der Waals surface area contributed by atoms with Gasteiger partial charge in [-0.05, 0) is 51.9 Å². The molecule has 0 bridgehead atoms. The van der Waals surface area contributed by atoms with Crippen LogP contribution in [0.5, 0.6) is 0 Å². The molecule has 0 amide bonds. The van der Waals surface area contributed by atoms with E-state index in [0.717, 1.165) is 12.7 Å². The lowest BCUT2D eigenvalue weighted by atomic mass is 9.81. The molecule has 10 unspecified atom stereocenters. The fourth-order valence-electron chi connectivity index (χ4n) is 5.38. The Kier molecular flexibility index (Phi) is 10.3. The molecule has 0 aromatic carbocycles. The van der Waals surface area contributed by atoms with Crippen LogP contribution in [0.2, 0.25) is 0 Å². The van der Waals surface area contributed by atoms with Crippen molar-refractivity contribution in [1.82, 2.24) is 0 Å². The number of carbonyl (C=O) groups is 2. The molecule has 1 aliphatic carbocycles. The van der Waals surface area contributed by atoms with Crippen molar-refractivity contribution in [1.29, 1.82) is 0 Å². The van der Waals surface area contributed by atoms with Crippen LogP contribution < -0.4 is 0 Å². The fraction of sp³-hybridized carbons (Fsp3) is 0.769. The maximum Gasteiger partial charge on any atom is 0.334 e. The van der Waals surface area contributed by atoms with Gasteiger partial charge < -0.3 is 49.6 Å². The Morgan fingerprint density at radius 3 is 2.55 bits per heavy atom. The summed E-state index contributed by atoms with van der Waals surface area (Å²) in [6.07, 6.45) is -3.39. The fourth-order valence-corrected chi connectivity index (χ4v) is 5.38. The van der Waals surface area contributed by atoms with E-state index in [4.69, 9.17) is 24.1 Å². The molecule has 2 heterocycles. The van der Waals surface area contributed by atoms with Gasteiger partial charge in [0.05, 0.1) is 30.0 Å². The van der Waals surface area contributed by atoms with Gasteiger partial charge in [-0.15, -0.1) is 0 Å². The summed E-state index contributed by atoms with van der Waals surface area (Å²) in [7, 11) is 0. The molecule has 1 saturated carbocycles. The third-order valence-corrected chi connectivity index (χ3v) is 7.77. The molecule has 0 radical (unpaired) electrons. The van der Waals surface area contributed by atoms with Crippen LogP contribution in [-0.4, -0.2) is 98.4 Å². The monoisotopic (exact) mass is 544 g/mol. The van der Waals surface area contributed by atoms with Gasteiger partial charge in [0.25, 0.3) is 0 Å². The number of aliphatic hydroxyl groups excluding tert-OH is 4. The third kappa shape index (κ3) is 6.74. The summed E-state index contributed by atoms with van der Waals surface area (Å²) >= 11 is 0. The highest BCUT2D eigenvalue weighted by Crippen LogP contribution is 2.49. The number of carboxylic acids is 1. The van der Waals surface area contributed by atoms with E-state index in [1.165, 1.54) is 0 Å². The predicted octanol–water partition coefficient (Wildman–Crippen LogP) is 0.201. The second kappa shape index (κ2) is 12.9. The van der Waals surface area contributed by atoms with Gasteiger partial charge >= 0.3 is 11.9 Å². The highest BCUT2D eigenvalue weighted by molar-refractivity contribution is 5.88. The van der Waals surface area contributed by atoms with Crippen molar-refractivity contribution in [2.75, 3.05) is 13.2 Å². The van der Waals surface area contributed by atoms with Crippen LogP contribution >= 0.6 is 0 Å². The molecule has 2 fully saturated rings. The molecule has 6 N–H and O–H groups in total. The molecule has 12 heteroatoms. The Morgan fingerprint density at radius 1 is 1.21 bits per heavy atom. The molecule has 0 aromatic rings. The van der Waals surface area contributed by atoms with Gasteiger partial charge in [-0.3, -0.25) is 0 Å². The molecule has 0 spiro atoms. The smallest absolute Gasteiger partial charge is 0.334 e. The Balaban J connectivity index is 1.72. The zero-order chi connectivity index (χ0) is 28.2. The molecule has 0 aromatic heterocycles. The molecular weight excluding hydrogens is 504 g/mol. The van der Waals surface area contributed by atoms with E-state index in [1.807, 2.05) is 6.92 Å². The van der Waals surface area contributed by atoms with E-state index in [2.05, 4.69) is 0 Å². The summed E-state index contributed by atoms with van der Waals surface area (Å²) in [6, 6.07) is 0. The Bertz CT molecular complexity index is 899. The van der Waals surface area contributed by atoms with E-state index in [-0.39, 0.29) is 23.7 Å². The summed E-state index contributed by atoms with van der Waals surface area (Å²) in [5.74, 6) is -3.05. The van der Waals surface area contributed by atoms with Crippen LogP contribution in [0.25, 0.3) is 0 Å². The molecule has 38 heavy (non-hydrogen) atoms. The normalized spacial score (nSPS) is 38.1. The van der Waals surface area contributed by atoms with Gasteiger partial charge in [0.15, 0.2) is 12.4 Å². The highest BCUT2D eigenvalue weighted by Gasteiger charge is 2.56. The minimum atomic E-state index is -1.69. The van der Waals surface area contributed by atoms with Crippen molar-refractivity contribution in [3.63, 3.8) is 0 Å². The first-order valence-electron chi connectivity index (χ1n) is 13.0. The van der Waals surface area contributed by atoms with Crippen molar-refractivity contribution in [3.8, 4) is 0 Å². The van der Waals surface area contributed by atoms with Gasteiger partial charge in [-0.25, -0.2) is 9.59 Å². The number of fused-ring (bicyclic) bond motifs is 1. The summed E-state index contributed by atoms with van der Waals surface area (Å²) in [5.41, 5.74) is -1.07. The number of esters is 1. The second-order valence-corrected chi connectivity index (χ2v) is 10.7. The zero-order valence-corrected chi connectivity index (χ0v) is 21.9. The van der Waals surface area contributed by atoms with Crippen molar-refractivity contribution >= 4 is 11.9 Å². The van der Waals surface area contributed by atoms with E-state index < -0.39 is 73.0 Å². The molecule has 12 nitrogen and oxygen atoms in total. The van der Waals surface area contributed by atoms with Crippen molar-refractivity contribution in [2.45, 2.75) is 95.5 Å². The Morgan fingerprint density at radius 2 is 1.92 bits per heavy atom. The lowest BCUT2D eigenvalue weighted by molar-refractivity contribution is -0.346. The van der Waals surface area contributed by atoms with Crippen LogP contribution in [-0.2, 0) is 28.5 Å². The standard InChI is InChI=1S/C26H40O12/c1-13(8-10-27)5-4-6-14(2)23(33)37-21-19(29)17(11-28)36-25(20(21)30)38-24-18-15(7-9-26(18,3)34)16(12-35-24)22(31)32/h6,12-13,15,17-21,24-25,27-30,34H,4-5,7-11H2,1-3H3,(H,31,32). The van der Waals surface area contributed by atoms with E-state index in [9.17, 15) is 35.1 Å². The van der Waals surface area contributed by atoms with Gasteiger partial charge in [0, 0.05) is 18.1 Å². The number of carboxylic acid groups (broad SMARTS) is 1. The molecule has 10 atom stereocenters. The van der Waals surface area contributed by atoms with Gasteiger partial charge in [0.1, 0.15) is 18.3 Å². The maximum absolute atomic E-state index is 12.7. The average molecular weight is 545 g/mol. The van der Waals surface area contributed by atoms with Crippen LogP contribution in [0.4, 0.5) is 0 Å². The molecular formula is C26H40O12. The predicted molar refractivity (Wildman–Crippen MR) is 130 cm³/mol. The molecule has 1 saturated heterocycles. The second-order valence-electron chi connectivity index (χ2n) is 10.7. The van der Waals surface area contributed by atoms with Gasteiger partial charge in [-0.2, -0.15) is 0 Å². The highest BCUT2D eigenvalue weighted by atomic mass is 16.8. The number of allylic oxidation sites excluding steroid dienone is 1. The number of aliphatic hydroxyl groups is 5. The van der Waals surface area contributed by atoms with Crippen LogP contribution in [0, 0.1) is 17.8 Å². The Labute approximate surface area is 221 Å². The molecule has 216 valence electrons. The van der Waals surface area contributed by atoms with Crippen LogP contribution in [0.1, 0.15) is 52.9 Å². The lowest BCUT2D eigenvalue weighted by Gasteiger charge is -2.44. The summed E-state index contributed by atoms with van der Waals surface area (Å²) in [5, 5.41) is 60.8. The summed E-state index contributed by atoms with van der Waals surface area (Å²) in [4.78, 5) is 24.4. The summed E-state index contributed by atoms with van der Waals surface area (Å²) < 4.78 is 22.3. The Hall–Kier alpha value is -2.06. The van der Waals surface area contributed by atoms with E-state index in [1.54, 1.807) is 19.9 Å². The van der Waals surface area contributed by atoms with Crippen molar-refractivity contribution in [3.05, 3.63) is 23.5 Å². The van der Waals surface area contributed by atoms with Crippen LogP contribution in [0.3, 0.4) is 0 Å². The van der Waals surface area contributed by atoms with Crippen molar-refractivity contribution < 1.29 is 59.2 Å². The van der Waals surface area contributed by atoms with E-state index >= 15 is 0 Å². The largest absolute Gasteiger partial charge is 0.478 e. The number of carbonyl (C=O) groups excluding carboxylic acids is 1. The first kappa shape index (κ1) is 30.5. The molecule has 2 aliphatic heterocycles. The van der Waals surface area contributed by atoms with Gasteiger partial charge in [0.2, 0.25) is 6.29 Å². The summed E-state index contributed by atoms with van der Waals surface area (Å²) in [6.45, 7) is 4.49. The zero-order valence-electron chi connectivity index (χ0n) is 21.9. The average Bonchev–Trinajstić information content (AvgIpc) is 3.18. The molecule has 3 rings (SSSR count). The topological polar surface area (TPSA) is 192 Å². The van der Waals surface area contributed by atoms with E-state index in [0.29, 0.717) is 25.7 Å². The third-order valence-electron chi connectivity index (χ3n) is 7.77. The minimum absolute atomic E-state index is 0.00113. The first-order valence-corrected chi connectivity index (χ1v) is 13.0. The quantitative estimate of drug-likeness (QED) is 0.153. The number of rotatable bonds is 11. The lowest BCUT2D eigenvalue weighted by Crippen LogP contribution is -2.62. The SMILES string of the molecule is CC(=CCCC(C)CCO)C(=O)OC1C(O)C(CO)OC(OC2OC=C(C(=O)O)C3CCC(C)(O)C23)C1O. The number of ether oxygens (including phenoxy) is 4. The minimum Gasteiger partial charge on any atom is -0.478 e. The number of aliphatic carboxylic acids is 1. The molecule has 3 aliphatic rings. The number of hydrogen-bond acceptors (Lipinski definition) is 11.